The summed E-state index contributed by atoms with van der Waals surface area (Å²) in [4.78, 5) is 29.8. The highest BCUT2D eigenvalue weighted by Crippen LogP contribution is 2.27. The Kier molecular flexibility index (Phi) is 6.01. The van der Waals surface area contributed by atoms with E-state index in [1.165, 1.54) is 22.0 Å². The molecule has 2 aliphatic heterocycles. The van der Waals surface area contributed by atoms with E-state index < -0.39 is 6.04 Å². The molecule has 33 heavy (non-hydrogen) atoms. The number of carbonyl (C=O) groups excluding carboxylic acids is 2. The van der Waals surface area contributed by atoms with Gasteiger partial charge in [0.15, 0.2) is 0 Å². The van der Waals surface area contributed by atoms with E-state index in [-0.39, 0.29) is 18.2 Å². The summed E-state index contributed by atoms with van der Waals surface area (Å²) in [7, 11) is 2.10. The standard InChI is InChI=1S/C27H30N4O2/c1-30-12-10-23-14-19(7-9-24(23)30)17-29-26(32)16-25-27(33)28-11-13-31(25)18-20-6-8-21-4-2-3-5-22(21)15-20/h2-9,14-15,25H,10-13,16-18H2,1H3,(H,28,33)(H,29,32)/t25-/m1/s1. The molecule has 5 rings (SSSR count). The van der Waals surface area contributed by atoms with Crippen LogP contribution in [-0.4, -0.2) is 49.4 Å². The molecule has 6 nitrogen and oxygen atoms in total. The number of nitrogens with zero attached hydrogens (tertiary/aromatic N) is 2. The molecule has 0 saturated carbocycles. The zero-order valence-electron chi connectivity index (χ0n) is 19.0. The van der Waals surface area contributed by atoms with Crippen LogP contribution in [0.1, 0.15) is 23.1 Å². The maximum atomic E-state index is 12.8. The van der Waals surface area contributed by atoms with E-state index in [1.807, 2.05) is 12.1 Å². The molecule has 0 spiro atoms. The molecule has 2 aliphatic rings. The third kappa shape index (κ3) is 4.71. The summed E-state index contributed by atoms with van der Waals surface area (Å²) in [5, 5.41) is 8.33. The normalized spacial score (nSPS) is 18.3. The summed E-state index contributed by atoms with van der Waals surface area (Å²) in [5.74, 6) is -0.170. The van der Waals surface area contributed by atoms with E-state index in [0.717, 1.165) is 30.6 Å². The molecular formula is C27H30N4O2. The lowest BCUT2D eigenvalue weighted by Crippen LogP contribution is -2.56. The number of hydrogen-bond acceptors (Lipinski definition) is 4. The van der Waals surface area contributed by atoms with Crippen molar-refractivity contribution >= 4 is 28.3 Å². The Balaban J connectivity index is 1.22. The topological polar surface area (TPSA) is 64.7 Å². The van der Waals surface area contributed by atoms with Crippen molar-refractivity contribution in [2.24, 2.45) is 0 Å². The van der Waals surface area contributed by atoms with Crippen molar-refractivity contribution in [3.8, 4) is 0 Å². The molecule has 170 valence electrons. The Bertz CT molecular complexity index is 1190. The number of piperazine rings is 1. The van der Waals surface area contributed by atoms with E-state index in [9.17, 15) is 9.59 Å². The fourth-order valence-electron chi connectivity index (χ4n) is 4.92. The van der Waals surface area contributed by atoms with Gasteiger partial charge in [-0.05, 0) is 46.0 Å². The maximum Gasteiger partial charge on any atom is 0.237 e. The van der Waals surface area contributed by atoms with E-state index in [4.69, 9.17) is 0 Å². The largest absolute Gasteiger partial charge is 0.374 e. The lowest BCUT2D eigenvalue weighted by atomic mass is 10.0. The Morgan fingerprint density at radius 2 is 1.85 bits per heavy atom. The number of rotatable bonds is 6. The van der Waals surface area contributed by atoms with Crippen LogP contribution in [0, 0.1) is 0 Å². The molecule has 2 N–H and O–H groups in total. The van der Waals surface area contributed by atoms with Gasteiger partial charge >= 0.3 is 0 Å². The van der Waals surface area contributed by atoms with Crippen LogP contribution in [0.15, 0.2) is 60.7 Å². The fourth-order valence-corrected chi connectivity index (χ4v) is 4.92. The molecule has 3 aromatic carbocycles. The van der Waals surface area contributed by atoms with E-state index >= 15 is 0 Å². The van der Waals surface area contributed by atoms with Crippen LogP contribution in [0.4, 0.5) is 5.69 Å². The zero-order chi connectivity index (χ0) is 22.8. The van der Waals surface area contributed by atoms with Gasteiger partial charge in [-0.3, -0.25) is 14.5 Å². The number of benzene rings is 3. The first-order valence-corrected chi connectivity index (χ1v) is 11.7. The number of likely N-dealkylation sites (N-methyl/N-ethyl adjacent to an activating group) is 1. The number of amides is 2. The van der Waals surface area contributed by atoms with Gasteiger partial charge < -0.3 is 15.5 Å². The predicted octanol–water partition coefficient (Wildman–Crippen LogP) is 2.84. The first kappa shape index (κ1) is 21.5. The first-order chi connectivity index (χ1) is 16.1. The van der Waals surface area contributed by atoms with Crippen molar-refractivity contribution < 1.29 is 9.59 Å². The lowest BCUT2D eigenvalue weighted by Gasteiger charge is -2.34. The molecule has 0 radical (unpaired) electrons. The van der Waals surface area contributed by atoms with Gasteiger partial charge in [0, 0.05) is 45.5 Å². The van der Waals surface area contributed by atoms with Crippen LogP contribution in [0.3, 0.4) is 0 Å². The highest BCUT2D eigenvalue weighted by molar-refractivity contribution is 5.89. The Morgan fingerprint density at radius 1 is 1.03 bits per heavy atom. The summed E-state index contributed by atoms with van der Waals surface area (Å²) in [6.45, 7) is 3.50. The first-order valence-electron chi connectivity index (χ1n) is 11.7. The third-order valence-corrected chi connectivity index (χ3v) is 6.78. The highest BCUT2D eigenvalue weighted by atomic mass is 16.2. The average Bonchev–Trinajstić information content (AvgIpc) is 3.20. The molecule has 1 saturated heterocycles. The monoisotopic (exact) mass is 442 g/mol. The molecule has 1 fully saturated rings. The minimum absolute atomic E-state index is 0.0715. The predicted molar refractivity (Wildman–Crippen MR) is 131 cm³/mol. The molecule has 3 aromatic rings. The molecule has 0 aliphatic carbocycles. The fraction of sp³-hybridized carbons (Fsp3) is 0.333. The second-order valence-electron chi connectivity index (χ2n) is 9.07. The minimum Gasteiger partial charge on any atom is -0.374 e. The van der Waals surface area contributed by atoms with Crippen LogP contribution >= 0.6 is 0 Å². The smallest absolute Gasteiger partial charge is 0.237 e. The van der Waals surface area contributed by atoms with Crippen molar-refractivity contribution in [1.29, 1.82) is 0 Å². The number of fused-ring (bicyclic) bond motifs is 2. The van der Waals surface area contributed by atoms with Crippen LogP contribution in [0.2, 0.25) is 0 Å². The highest BCUT2D eigenvalue weighted by Gasteiger charge is 2.31. The van der Waals surface area contributed by atoms with Gasteiger partial charge in [-0.25, -0.2) is 0 Å². The maximum absolute atomic E-state index is 12.8. The quantitative estimate of drug-likeness (QED) is 0.616. The van der Waals surface area contributed by atoms with E-state index in [1.54, 1.807) is 0 Å². The van der Waals surface area contributed by atoms with E-state index in [0.29, 0.717) is 19.6 Å². The van der Waals surface area contributed by atoms with Crippen LogP contribution in [0.5, 0.6) is 0 Å². The van der Waals surface area contributed by atoms with Crippen LogP contribution in [0.25, 0.3) is 10.8 Å². The molecule has 0 unspecified atom stereocenters. The van der Waals surface area contributed by atoms with Gasteiger partial charge in [0.2, 0.25) is 11.8 Å². The van der Waals surface area contributed by atoms with Crippen molar-refractivity contribution in [3.05, 3.63) is 77.4 Å². The summed E-state index contributed by atoms with van der Waals surface area (Å²) in [6, 6.07) is 20.6. The molecule has 6 heteroatoms. The van der Waals surface area contributed by atoms with Crippen LogP contribution < -0.4 is 15.5 Å². The molecule has 2 amide bonds. The van der Waals surface area contributed by atoms with E-state index in [2.05, 4.69) is 76.0 Å². The number of nitrogens with one attached hydrogen (secondary N) is 2. The Hall–Kier alpha value is -3.38. The number of carbonyl (C=O) groups is 2. The third-order valence-electron chi connectivity index (χ3n) is 6.78. The molecule has 2 heterocycles. The van der Waals surface area contributed by atoms with Crippen molar-refractivity contribution in [2.75, 3.05) is 31.6 Å². The average molecular weight is 443 g/mol. The van der Waals surface area contributed by atoms with Crippen molar-refractivity contribution in [1.82, 2.24) is 15.5 Å². The SMILES string of the molecule is CN1CCc2cc(CNC(=O)C[C@@H]3C(=O)NCCN3Cc3ccc4ccccc4c3)ccc21. The van der Waals surface area contributed by atoms with Gasteiger partial charge in [0.1, 0.15) is 0 Å². The lowest BCUT2D eigenvalue weighted by molar-refractivity contribution is -0.134. The Labute approximate surface area is 194 Å². The molecule has 0 bridgehead atoms. The van der Waals surface area contributed by atoms with Crippen molar-refractivity contribution in [3.63, 3.8) is 0 Å². The van der Waals surface area contributed by atoms with Gasteiger partial charge in [-0.2, -0.15) is 0 Å². The number of anilines is 1. The minimum atomic E-state index is -0.459. The second-order valence-corrected chi connectivity index (χ2v) is 9.07. The van der Waals surface area contributed by atoms with Gasteiger partial charge in [0.25, 0.3) is 0 Å². The van der Waals surface area contributed by atoms with Gasteiger partial charge in [0.05, 0.1) is 12.5 Å². The second kappa shape index (κ2) is 9.24. The molecule has 0 aromatic heterocycles. The van der Waals surface area contributed by atoms with Crippen molar-refractivity contribution in [2.45, 2.75) is 32.0 Å². The Morgan fingerprint density at radius 3 is 2.73 bits per heavy atom. The molecule has 1 atom stereocenters. The van der Waals surface area contributed by atoms with Crippen LogP contribution in [-0.2, 0) is 29.1 Å². The summed E-state index contributed by atoms with van der Waals surface area (Å²) < 4.78 is 0. The molecular weight excluding hydrogens is 412 g/mol. The number of hydrogen-bond donors (Lipinski definition) is 2. The van der Waals surface area contributed by atoms with Gasteiger partial charge in [-0.1, -0.05) is 48.5 Å². The summed E-state index contributed by atoms with van der Waals surface area (Å²) in [6.07, 6.45) is 1.20. The summed E-state index contributed by atoms with van der Waals surface area (Å²) in [5.41, 5.74) is 4.85. The summed E-state index contributed by atoms with van der Waals surface area (Å²) >= 11 is 0. The van der Waals surface area contributed by atoms with Gasteiger partial charge in [-0.15, -0.1) is 0 Å². The zero-order valence-corrected chi connectivity index (χ0v) is 19.0.